The molecule has 1 fully saturated rings. The molecule has 2 rings (SSSR count). The lowest BCUT2D eigenvalue weighted by molar-refractivity contribution is -0.128. The Balaban J connectivity index is 1.74. The molecule has 0 aliphatic carbocycles. The summed E-state index contributed by atoms with van der Waals surface area (Å²) in [7, 11) is 0. The van der Waals surface area contributed by atoms with Crippen LogP contribution in [-0.4, -0.2) is 36.5 Å². The normalized spacial score (nSPS) is 20.2. The fraction of sp³-hybridized carbons (Fsp3) is 0.417. The van der Waals surface area contributed by atoms with Gasteiger partial charge in [0.15, 0.2) is 0 Å². The number of nitrogens with two attached hydrogens (primary N) is 1. The summed E-state index contributed by atoms with van der Waals surface area (Å²) in [5.74, 6) is 0.961. The molecule has 4 nitrogen and oxygen atoms in total. The molecule has 1 aliphatic heterocycles. The molecule has 2 N–H and O–H groups in total. The van der Waals surface area contributed by atoms with Gasteiger partial charge in [-0.1, -0.05) is 18.2 Å². The summed E-state index contributed by atoms with van der Waals surface area (Å²) in [6, 6.07) is 9.58. The molecule has 1 aliphatic rings. The Bertz CT molecular complexity index is 353. The highest BCUT2D eigenvalue weighted by atomic mass is 16.5. The van der Waals surface area contributed by atoms with Crippen molar-refractivity contribution in [2.24, 2.45) is 5.73 Å². The fourth-order valence-electron chi connectivity index (χ4n) is 1.81. The van der Waals surface area contributed by atoms with E-state index in [4.69, 9.17) is 10.5 Å². The predicted octanol–water partition coefficient (Wildman–Crippen LogP) is 0.625. The van der Waals surface area contributed by atoms with Crippen molar-refractivity contribution in [2.45, 2.75) is 12.5 Å². The minimum atomic E-state index is -0.00998. The Morgan fingerprint density at radius 2 is 2.12 bits per heavy atom. The molecule has 0 aromatic heterocycles. The van der Waals surface area contributed by atoms with Gasteiger partial charge in [0.05, 0.1) is 6.54 Å². The quantitative estimate of drug-likeness (QED) is 0.809. The molecule has 1 saturated heterocycles. The van der Waals surface area contributed by atoms with Gasteiger partial charge in [-0.15, -0.1) is 0 Å². The second-order valence-corrected chi connectivity index (χ2v) is 3.97. The number of amides is 1. The zero-order chi connectivity index (χ0) is 11.4. The lowest BCUT2D eigenvalue weighted by Crippen LogP contribution is -2.31. The third-order valence-corrected chi connectivity index (χ3v) is 2.62. The number of benzene rings is 1. The van der Waals surface area contributed by atoms with Crippen LogP contribution in [0.3, 0.4) is 0 Å². The Kier molecular flexibility index (Phi) is 3.41. The number of likely N-dealkylation sites (tertiary alicyclic amines) is 1. The van der Waals surface area contributed by atoms with Crippen LogP contribution >= 0.6 is 0 Å². The van der Waals surface area contributed by atoms with Crippen LogP contribution < -0.4 is 10.5 Å². The van der Waals surface area contributed by atoms with E-state index in [1.165, 1.54) is 0 Å². The fourth-order valence-corrected chi connectivity index (χ4v) is 1.81. The van der Waals surface area contributed by atoms with Crippen LogP contribution in [0, 0.1) is 0 Å². The second-order valence-electron chi connectivity index (χ2n) is 3.97. The molecule has 1 amide bonds. The van der Waals surface area contributed by atoms with Crippen molar-refractivity contribution < 1.29 is 9.53 Å². The second kappa shape index (κ2) is 4.99. The van der Waals surface area contributed by atoms with Crippen molar-refractivity contribution in [2.75, 3.05) is 19.7 Å². The van der Waals surface area contributed by atoms with E-state index in [0.717, 1.165) is 5.75 Å². The van der Waals surface area contributed by atoms with E-state index < -0.39 is 0 Å². The Labute approximate surface area is 95.0 Å². The zero-order valence-electron chi connectivity index (χ0n) is 9.13. The van der Waals surface area contributed by atoms with Crippen LogP contribution in [0.2, 0.25) is 0 Å². The topological polar surface area (TPSA) is 55.6 Å². The molecule has 0 spiro atoms. The van der Waals surface area contributed by atoms with Crippen molar-refractivity contribution in [1.29, 1.82) is 0 Å². The third-order valence-electron chi connectivity index (χ3n) is 2.62. The Morgan fingerprint density at radius 1 is 1.38 bits per heavy atom. The van der Waals surface area contributed by atoms with Crippen molar-refractivity contribution in [3.05, 3.63) is 30.3 Å². The largest absolute Gasteiger partial charge is 0.492 e. The van der Waals surface area contributed by atoms with Crippen molar-refractivity contribution in [3.8, 4) is 5.75 Å². The molecular formula is C12H16N2O2. The molecule has 0 saturated carbocycles. The van der Waals surface area contributed by atoms with E-state index in [1.807, 2.05) is 30.3 Å². The minimum Gasteiger partial charge on any atom is -0.492 e. The number of carbonyl (C=O) groups is 1. The number of carbonyl (C=O) groups excluding carboxylic acids is 1. The number of hydrogen-bond acceptors (Lipinski definition) is 3. The molecule has 16 heavy (non-hydrogen) atoms. The molecule has 0 unspecified atom stereocenters. The minimum absolute atomic E-state index is 0.00998. The van der Waals surface area contributed by atoms with Gasteiger partial charge in [-0.2, -0.15) is 0 Å². The van der Waals surface area contributed by atoms with Gasteiger partial charge in [-0.05, 0) is 12.1 Å². The van der Waals surface area contributed by atoms with Crippen LogP contribution in [0.15, 0.2) is 30.3 Å². The van der Waals surface area contributed by atoms with Crippen LogP contribution in [0.1, 0.15) is 6.42 Å². The van der Waals surface area contributed by atoms with Crippen LogP contribution in [0.5, 0.6) is 5.75 Å². The van der Waals surface area contributed by atoms with Crippen molar-refractivity contribution in [3.63, 3.8) is 0 Å². The van der Waals surface area contributed by atoms with E-state index in [2.05, 4.69) is 0 Å². The number of nitrogens with zero attached hydrogens (tertiary/aromatic N) is 1. The molecule has 1 aromatic rings. The molecule has 0 radical (unpaired) electrons. The summed E-state index contributed by atoms with van der Waals surface area (Å²) in [6.07, 6.45) is 0.464. The summed E-state index contributed by atoms with van der Waals surface area (Å²) in [4.78, 5) is 13.2. The van der Waals surface area contributed by atoms with Gasteiger partial charge in [0.2, 0.25) is 5.91 Å². The van der Waals surface area contributed by atoms with Gasteiger partial charge in [-0.25, -0.2) is 0 Å². The predicted molar refractivity (Wildman–Crippen MR) is 61.1 cm³/mol. The highest BCUT2D eigenvalue weighted by molar-refractivity contribution is 5.79. The Morgan fingerprint density at radius 3 is 2.75 bits per heavy atom. The van der Waals surface area contributed by atoms with Crippen molar-refractivity contribution >= 4 is 5.91 Å². The molecule has 86 valence electrons. The van der Waals surface area contributed by atoms with Crippen LogP contribution in [0.4, 0.5) is 0 Å². The Hall–Kier alpha value is -1.55. The van der Waals surface area contributed by atoms with E-state index in [0.29, 0.717) is 26.1 Å². The maximum Gasteiger partial charge on any atom is 0.224 e. The lowest BCUT2D eigenvalue weighted by atomic mass is 10.3. The molecule has 1 heterocycles. The number of para-hydroxylation sites is 1. The first-order valence-corrected chi connectivity index (χ1v) is 5.47. The first kappa shape index (κ1) is 11.0. The number of hydrogen-bond donors (Lipinski definition) is 1. The first-order chi connectivity index (χ1) is 7.75. The molecule has 1 aromatic carbocycles. The summed E-state index contributed by atoms with van der Waals surface area (Å²) < 4.78 is 5.52. The van der Waals surface area contributed by atoms with Crippen molar-refractivity contribution in [1.82, 2.24) is 4.90 Å². The smallest absolute Gasteiger partial charge is 0.224 e. The molecule has 1 atom stereocenters. The van der Waals surface area contributed by atoms with Crippen LogP contribution in [-0.2, 0) is 4.79 Å². The number of rotatable bonds is 4. The summed E-state index contributed by atoms with van der Waals surface area (Å²) in [5.41, 5.74) is 5.70. The van der Waals surface area contributed by atoms with Gasteiger partial charge in [0.25, 0.3) is 0 Å². The van der Waals surface area contributed by atoms with E-state index in [9.17, 15) is 4.79 Å². The SMILES string of the molecule is N[C@@H]1CC(=O)N(CCOc2ccccc2)C1. The van der Waals surface area contributed by atoms with Gasteiger partial charge in [0.1, 0.15) is 12.4 Å². The molecule has 0 bridgehead atoms. The third kappa shape index (κ3) is 2.73. The van der Waals surface area contributed by atoms with Gasteiger partial charge in [-0.3, -0.25) is 4.79 Å². The summed E-state index contributed by atoms with van der Waals surface area (Å²) in [5, 5.41) is 0. The van der Waals surface area contributed by atoms with Gasteiger partial charge in [0, 0.05) is 19.0 Å². The average Bonchev–Trinajstić information content (AvgIpc) is 2.59. The first-order valence-electron chi connectivity index (χ1n) is 5.47. The standard InChI is InChI=1S/C12H16N2O2/c13-10-8-12(15)14(9-10)6-7-16-11-4-2-1-3-5-11/h1-5,10H,6-9,13H2/t10-/m1/s1. The molecular weight excluding hydrogens is 204 g/mol. The van der Waals surface area contributed by atoms with E-state index in [1.54, 1.807) is 4.90 Å². The summed E-state index contributed by atoms with van der Waals surface area (Å²) >= 11 is 0. The van der Waals surface area contributed by atoms with E-state index in [-0.39, 0.29) is 11.9 Å². The highest BCUT2D eigenvalue weighted by Crippen LogP contribution is 2.10. The molecule has 4 heteroatoms. The maximum absolute atomic E-state index is 11.4. The number of ether oxygens (including phenoxy) is 1. The lowest BCUT2D eigenvalue weighted by Gasteiger charge is -2.16. The highest BCUT2D eigenvalue weighted by Gasteiger charge is 2.26. The average molecular weight is 220 g/mol. The van der Waals surface area contributed by atoms with Gasteiger partial charge < -0.3 is 15.4 Å². The van der Waals surface area contributed by atoms with Gasteiger partial charge >= 0.3 is 0 Å². The monoisotopic (exact) mass is 220 g/mol. The zero-order valence-corrected chi connectivity index (χ0v) is 9.13. The van der Waals surface area contributed by atoms with Crippen LogP contribution in [0.25, 0.3) is 0 Å². The summed E-state index contributed by atoms with van der Waals surface area (Å²) in [6.45, 7) is 1.78. The van der Waals surface area contributed by atoms with E-state index >= 15 is 0 Å². The maximum atomic E-state index is 11.4.